The highest BCUT2D eigenvalue weighted by atomic mass is 16.5. The fourth-order valence-electron chi connectivity index (χ4n) is 0.395. The van der Waals surface area contributed by atoms with Crippen LogP contribution in [0.15, 0.2) is 0 Å². The van der Waals surface area contributed by atoms with Crippen molar-refractivity contribution in [1.82, 2.24) is 0 Å². The molecule has 0 heterocycles. The minimum atomic E-state index is -0.565. The van der Waals surface area contributed by atoms with Crippen LogP contribution < -0.4 is 0 Å². The van der Waals surface area contributed by atoms with Gasteiger partial charge in [-0.05, 0) is 13.8 Å². The largest absolute Gasteiger partial charge is 0.464 e. The van der Waals surface area contributed by atoms with Crippen LogP contribution in [0.25, 0.3) is 0 Å². The summed E-state index contributed by atoms with van der Waals surface area (Å²) in [6.07, 6.45) is 0.363. The van der Waals surface area contributed by atoms with Crippen molar-refractivity contribution in [2.24, 2.45) is 5.41 Å². The average molecular weight is 155 g/mol. The van der Waals surface area contributed by atoms with Crippen LogP contribution in [0.1, 0.15) is 27.2 Å². The quantitative estimate of drug-likeness (QED) is 0.580. The van der Waals surface area contributed by atoms with E-state index >= 15 is 0 Å². The van der Waals surface area contributed by atoms with E-state index in [1.807, 2.05) is 6.07 Å². The number of hydrogen-bond acceptors (Lipinski definition) is 3. The third-order valence-electron chi connectivity index (χ3n) is 1.19. The molecule has 0 aromatic rings. The molecular formula is C8H13NO2. The molecule has 0 aliphatic carbocycles. The van der Waals surface area contributed by atoms with Gasteiger partial charge in [0.05, 0.1) is 11.5 Å². The third-order valence-corrected chi connectivity index (χ3v) is 1.19. The van der Waals surface area contributed by atoms with E-state index in [-0.39, 0.29) is 12.6 Å². The minimum Gasteiger partial charge on any atom is -0.464 e. The Morgan fingerprint density at radius 2 is 2.18 bits per heavy atom. The van der Waals surface area contributed by atoms with Crippen LogP contribution in [0.3, 0.4) is 0 Å². The number of hydrogen-bond donors (Lipinski definition) is 0. The predicted octanol–water partition coefficient (Wildman–Crippen LogP) is 1.49. The van der Waals surface area contributed by atoms with Gasteiger partial charge in [-0.2, -0.15) is 5.26 Å². The van der Waals surface area contributed by atoms with Crippen molar-refractivity contribution in [1.29, 1.82) is 5.26 Å². The second-order valence-corrected chi connectivity index (χ2v) is 3.01. The van der Waals surface area contributed by atoms with Crippen LogP contribution in [-0.4, -0.2) is 12.6 Å². The van der Waals surface area contributed by atoms with E-state index < -0.39 is 5.41 Å². The van der Waals surface area contributed by atoms with Gasteiger partial charge in [-0.15, -0.1) is 0 Å². The second-order valence-electron chi connectivity index (χ2n) is 3.01. The molecule has 0 fully saturated rings. The Balaban J connectivity index is 3.72. The van der Waals surface area contributed by atoms with E-state index in [0.29, 0.717) is 6.42 Å². The maximum Gasteiger partial charge on any atom is 0.305 e. The molecule has 0 aliphatic rings. The summed E-state index contributed by atoms with van der Waals surface area (Å²) in [5, 5.41) is 8.54. The van der Waals surface area contributed by atoms with Crippen molar-refractivity contribution < 1.29 is 9.53 Å². The Kier molecular flexibility index (Phi) is 3.59. The van der Waals surface area contributed by atoms with Crippen molar-refractivity contribution in [3.63, 3.8) is 0 Å². The summed E-state index contributed by atoms with van der Waals surface area (Å²) in [7, 11) is 0. The Morgan fingerprint density at radius 3 is 2.55 bits per heavy atom. The molecule has 3 nitrogen and oxygen atoms in total. The summed E-state index contributed by atoms with van der Waals surface area (Å²) in [5.74, 6) is -0.256. The predicted molar refractivity (Wildman–Crippen MR) is 40.6 cm³/mol. The molecule has 0 aliphatic heterocycles. The number of carbonyl (C=O) groups excluding carboxylic acids is 1. The zero-order valence-corrected chi connectivity index (χ0v) is 7.18. The first-order chi connectivity index (χ1) is 5.02. The lowest BCUT2D eigenvalue weighted by atomic mass is 9.98. The van der Waals surface area contributed by atoms with E-state index in [1.54, 1.807) is 20.8 Å². The Morgan fingerprint density at radius 1 is 1.64 bits per heavy atom. The summed E-state index contributed by atoms with van der Waals surface area (Å²) in [6, 6.07) is 2.04. The van der Waals surface area contributed by atoms with E-state index in [1.165, 1.54) is 0 Å². The molecule has 0 saturated carbocycles. The van der Waals surface area contributed by atoms with Gasteiger partial charge in [0.1, 0.15) is 6.61 Å². The first-order valence-corrected chi connectivity index (χ1v) is 3.58. The van der Waals surface area contributed by atoms with Gasteiger partial charge in [-0.3, -0.25) is 4.79 Å². The lowest BCUT2D eigenvalue weighted by Gasteiger charge is -2.14. The van der Waals surface area contributed by atoms with Crippen LogP contribution in [0, 0.1) is 16.7 Å². The van der Waals surface area contributed by atoms with Crippen molar-refractivity contribution in [3.8, 4) is 6.07 Å². The molecule has 0 spiro atoms. The number of nitrogens with zero attached hydrogens (tertiary/aromatic N) is 1. The smallest absolute Gasteiger partial charge is 0.305 e. The molecular weight excluding hydrogens is 142 g/mol. The van der Waals surface area contributed by atoms with Crippen molar-refractivity contribution in [2.45, 2.75) is 27.2 Å². The monoisotopic (exact) mass is 155 g/mol. The summed E-state index contributed by atoms with van der Waals surface area (Å²) < 4.78 is 4.79. The summed E-state index contributed by atoms with van der Waals surface area (Å²) in [5.41, 5.74) is -0.565. The summed E-state index contributed by atoms with van der Waals surface area (Å²) >= 11 is 0. The topological polar surface area (TPSA) is 50.1 Å². The van der Waals surface area contributed by atoms with Gasteiger partial charge >= 0.3 is 5.97 Å². The van der Waals surface area contributed by atoms with E-state index in [2.05, 4.69) is 0 Å². The molecule has 3 heteroatoms. The van der Waals surface area contributed by atoms with Gasteiger partial charge in [0, 0.05) is 6.42 Å². The maximum atomic E-state index is 10.6. The number of ether oxygens (including phenoxy) is 1. The summed E-state index contributed by atoms with van der Waals surface area (Å²) in [6.45, 7) is 5.36. The summed E-state index contributed by atoms with van der Waals surface area (Å²) in [4.78, 5) is 10.6. The maximum absolute atomic E-state index is 10.6. The zero-order chi connectivity index (χ0) is 8.91. The van der Waals surface area contributed by atoms with Gasteiger partial charge in [-0.1, -0.05) is 6.92 Å². The Labute approximate surface area is 67.0 Å². The highest BCUT2D eigenvalue weighted by Crippen LogP contribution is 2.13. The highest BCUT2D eigenvalue weighted by molar-refractivity contribution is 5.68. The lowest BCUT2D eigenvalue weighted by molar-refractivity contribution is -0.145. The van der Waals surface area contributed by atoms with Crippen LogP contribution in [0.4, 0.5) is 0 Å². The number of nitriles is 1. The molecule has 0 unspecified atom stereocenters. The first-order valence-electron chi connectivity index (χ1n) is 3.58. The number of carbonyl (C=O) groups is 1. The second kappa shape index (κ2) is 3.97. The fraction of sp³-hybridized carbons (Fsp3) is 0.750. The number of rotatable bonds is 3. The molecule has 0 aromatic heterocycles. The molecule has 0 aromatic carbocycles. The molecule has 0 amide bonds. The molecule has 0 saturated heterocycles. The zero-order valence-electron chi connectivity index (χ0n) is 7.18. The van der Waals surface area contributed by atoms with Gasteiger partial charge < -0.3 is 4.74 Å². The number of esters is 1. The molecule has 0 bridgehead atoms. The molecule has 0 rings (SSSR count). The normalized spacial score (nSPS) is 10.4. The third kappa shape index (κ3) is 4.38. The van der Waals surface area contributed by atoms with Gasteiger partial charge in [0.25, 0.3) is 0 Å². The van der Waals surface area contributed by atoms with Gasteiger partial charge in [-0.25, -0.2) is 0 Å². The molecule has 0 radical (unpaired) electrons. The lowest BCUT2D eigenvalue weighted by Crippen LogP contribution is -2.19. The average Bonchev–Trinajstić information content (AvgIpc) is 2.00. The highest BCUT2D eigenvalue weighted by Gasteiger charge is 2.18. The van der Waals surface area contributed by atoms with Crippen molar-refractivity contribution >= 4 is 5.97 Å². The molecule has 62 valence electrons. The molecule has 11 heavy (non-hydrogen) atoms. The molecule has 0 N–H and O–H groups in total. The SMILES string of the molecule is CCC(=O)OCC(C)(C)C#N. The van der Waals surface area contributed by atoms with Crippen LogP contribution in [-0.2, 0) is 9.53 Å². The van der Waals surface area contributed by atoms with Crippen LogP contribution >= 0.6 is 0 Å². The molecule has 0 atom stereocenters. The Bertz CT molecular complexity index is 179. The van der Waals surface area contributed by atoms with E-state index in [9.17, 15) is 4.79 Å². The Hall–Kier alpha value is -1.04. The standard InChI is InChI=1S/C8H13NO2/c1-4-7(10)11-6-8(2,3)5-9/h4,6H2,1-3H3. The van der Waals surface area contributed by atoms with Crippen LogP contribution in [0.2, 0.25) is 0 Å². The van der Waals surface area contributed by atoms with E-state index in [0.717, 1.165) is 0 Å². The fourth-order valence-corrected chi connectivity index (χ4v) is 0.395. The van der Waals surface area contributed by atoms with Gasteiger partial charge in [0.15, 0.2) is 0 Å². The van der Waals surface area contributed by atoms with Crippen molar-refractivity contribution in [3.05, 3.63) is 0 Å². The van der Waals surface area contributed by atoms with Crippen molar-refractivity contribution in [2.75, 3.05) is 6.61 Å². The van der Waals surface area contributed by atoms with Crippen LogP contribution in [0.5, 0.6) is 0 Å². The first kappa shape index (κ1) is 9.96. The minimum absolute atomic E-state index is 0.177. The van der Waals surface area contributed by atoms with E-state index in [4.69, 9.17) is 10.00 Å². The van der Waals surface area contributed by atoms with Gasteiger partial charge in [0.2, 0.25) is 0 Å².